The highest BCUT2D eigenvalue weighted by molar-refractivity contribution is 5.53. The van der Waals surface area contributed by atoms with E-state index in [-0.39, 0.29) is 17.6 Å². The average Bonchev–Trinajstić information content (AvgIpc) is 2.53. The van der Waals surface area contributed by atoms with Crippen LogP contribution < -0.4 is 15.2 Å². The van der Waals surface area contributed by atoms with Crippen LogP contribution in [0, 0.1) is 0 Å². The Morgan fingerprint density at radius 3 is 2.47 bits per heavy atom. The molecule has 0 aliphatic carbocycles. The molecular weight excluding hydrogens is 214 g/mol. The first kappa shape index (κ1) is 12.2. The Balaban J connectivity index is 2.62. The van der Waals surface area contributed by atoms with Crippen LogP contribution in [0.4, 0.5) is 0 Å². The summed E-state index contributed by atoms with van der Waals surface area (Å²) in [5.74, 6) is 1.79. The summed E-state index contributed by atoms with van der Waals surface area (Å²) in [7, 11) is 1.68. The van der Waals surface area contributed by atoms with E-state index in [1.165, 1.54) is 0 Å². The van der Waals surface area contributed by atoms with Crippen molar-refractivity contribution in [2.45, 2.75) is 45.3 Å². The molecule has 94 valence electrons. The maximum Gasteiger partial charge on any atom is 0.128 e. The second-order valence-corrected chi connectivity index (χ2v) is 5.69. The Hall–Kier alpha value is -1.22. The van der Waals surface area contributed by atoms with Crippen LogP contribution in [0.3, 0.4) is 0 Å². The minimum atomic E-state index is -0.0683. The highest BCUT2D eigenvalue weighted by Gasteiger charge is 2.34. The number of hydrogen-bond acceptors (Lipinski definition) is 3. The third-order valence-corrected chi connectivity index (χ3v) is 3.30. The molecule has 1 aromatic rings. The van der Waals surface area contributed by atoms with Gasteiger partial charge in [-0.15, -0.1) is 0 Å². The van der Waals surface area contributed by atoms with Gasteiger partial charge in [-0.1, -0.05) is 20.8 Å². The van der Waals surface area contributed by atoms with Gasteiger partial charge in [0.25, 0.3) is 0 Å². The first-order valence-corrected chi connectivity index (χ1v) is 5.99. The minimum Gasteiger partial charge on any atom is -0.497 e. The summed E-state index contributed by atoms with van der Waals surface area (Å²) in [5.41, 5.74) is 8.38. The monoisotopic (exact) mass is 235 g/mol. The van der Waals surface area contributed by atoms with Gasteiger partial charge in [-0.25, -0.2) is 0 Å². The van der Waals surface area contributed by atoms with E-state index in [2.05, 4.69) is 20.8 Å². The topological polar surface area (TPSA) is 44.5 Å². The molecule has 2 unspecified atom stereocenters. The van der Waals surface area contributed by atoms with Gasteiger partial charge in [0.15, 0.2) is 0 Å². The predicted octanol–water partition coefficient (Wildman–Crippen LogP) is 2.77. The Kier molecular flexibility index (Phi) is 2.82. The largest absolute Gasteiger partial charge is 0.497 e. The Morgan fingerprint density at radius 2 is 1.94 bits per heavy atom. The first-order valence-electron chi connectivity index (χ1n) is 5.99. The summed E-state index contributed by atoms with van der Waals surface area (Å²) in [6.07, 6.45) is 0.0261. The fourth-order valence-electron chi connectivity index (χ4n) is 2.19. The SMILES string of the molecule is COc1cc2c(c(C(C)(C)C)c1)OC(C)C2N. The molecule has 2 N–H and O–H groups in total. The molecule has 2 rings (SSSR count). The van der Waals surface area contributed by atoms with Crippen molar-refractivity contribution in [3.05, 3.63) is 23.3 Å². The minimum absolute atomic E-state index is 0.0163. The van der Waals surface area contributed by atoms with Crippen molar-refractivity contribution in [2.75, 3.05) is 7.11 Å². The van der Waals surface area contributed by atoms with Crippen LogP contribution in [0.25, 0.3) is 0 Å². The van der Waals surface area contributed by atoms with Crippen LogP contribution in [0.5, 0.6) is 11.5 Å². The quantitative estimate of drug-likeness (QED) is 0.814. The van der Waals surface area contributed by atoms with Gasteiger partial charge in [0.2, 0.25) is 0 Å². The van der Waals surface area contributed by atoms with Gasteiger partial charge in [0.05, 0.1) is 13.2 Å². The lowest BCUT2D eigenvalue weighted by Gasteiger charge is -2.23. The third-order valence-electron chi connectivity index (χ3n) is 3.30. The van der Waals surface area contributed by atoms with Gasteiger partial charge in [-0.3, -0.25) is 0 Å². The standard InChI is InChI=1S/C14H21NO2/c1-8-12(15)10-6-9(16-5)7-11(13(10)17-8)14(2,3)4/h6-8,12H,15H2,1-5H3. The highest BCUT2D eigenvalue weighted by Crippen LogP contribution is 2.44. The molecule has 1 aliphatic heterocycles. The van der Waals surface area contributed by atoms with Crippen LogP contribution in [0.2, 0.25) is 0 Å². The fraction of sp³-hybridized carbons (Fsp3) is 0.571. The molecule has 0 aromatic heterocycles. The third kappa shape index (κ3) is 2.00. The zero-order valence-corrected chi connectivity index (χ0v) is 11.2. The summed E-state index contributed by atoms with van der Waals surface area (Å²) < 4.78 is 11.2. The van der Waals surface area contributed by atoms with Crippen molar-refractivity contribution in [3.63, 3.8) is 0 Å². The van der Waals surface area contributed by atoms with E-state index >= 15 is 0 Å². The molecule has 0 spiro atoms. The summed E-state index contributed by atoms with van der Waals surface area (Å²) in [6.45, 7) is 8.50. The molecule has 1 heterocycles. The second-order valence-electron chi connectivity index (χ2n) is 5.69. The second kappa shape index (κ2) is 3.91. The molecule has 0 saturated heterocycles. The molecule has 3 heteroatoms. The number of fused-ring (bicyclic) bond motifs is 1. The molecule has 17 heavy (non-hydrogen) atoms. The maximum absolute atomic E-state index is 6.15. The van der Waals surface area contributed by atoms with Crippen molar-refractivity contribution in [1.29, 1.82) is 0 Å². The van der Waals surface area contributed by atoms with Crippen LogP contribution in [-0.4, -0.2) is 13.2 Å². The number of hydrogen-bond donors (Lipinski definition) is 1. The molecule has 0 amide bonds. The molecule has 1 aliphatic rings. The molecule has 0 radical (unpaired) electrons. The highest BCUT2D eigenvalue weighted by atomic mass is 16.5. The van der Waals surface area contributed by atoms with E-state index in [1.54, 1.807) is 7.11 Å². The van der Waals surface area contributed by atoms with E-state index in [1.807, 2.05) is 19.1 Å². The molecule has 0 fully saturated rings. The van der Waals surface area contributed by atoms with Crippen LogP contribution >= 0.6 is 0 Å². The average molecular weight is 235 g/mol. The Labute approximate surface area is 103 Å². The normalized spacial score (nSPS) is 23.2. The van der Waals surface area contributed by atoms with Gasteiger partial charge >= 0.3 is 0 Å². The van der Waals surface area contributed by atoms with Crippen LogP contribution in [0.1, 0.15) is 44.9 Å². The summed E-state index contributed by atoms with van der Waals surface area (Å²) in [4.78, 5) is 0. The molecular formula is C14H21NO2. The van der Waals surface area contributed by atoms with Gasteiger partial charge < -0.3 is 15.2 Å². The lowest BCUT2D eigenvalue weighted by atomic mass is 9.84. The summed E-state index contributed by atoms with van der Waals surface area (Å²) in [6, 6.07) is 3.96. The molecule has 2 atom stereocenters. The van der Waals surface area contributed by atoms with Crippen LogP contribution in [0.15, 0.2) is 12.1 Å². The summed E-state index contributed by atoms with van der Waals surface area (Å²) >= 11 is 0. The number of benzene rings is 1. The van der Waals surface area contributed by atoms with Crippen molar-refractivity contribution in [1.82, 2.24) is 0 Å². The van der Waals surface area contributed by atoms with Gasteiger partial charge in [0, 0.05) is 11.1 Å². The van der Waals surface area contributed by atoms with Gasteiger partial charge in [-0.2, -0.15) is 0 Å². The lowest BCUT2D eigenvalue weighted by Crippen LogP contribution is -2.21. The Bertz CT molecular complexity index is 435. The van der Waals surface area contributed by atoms with Crippen molar-refractivity contribution in [3.8, 4) is 11.5 Å². The molecule has 0 saturated carbocycles. The zero-order chi connectivity index (χ0) is 12.8. The van der Waals surface area contributed by atoms with Crippen molar-refractivity contribution < 1.29 is 9.47 Å². The molecule has 0 bridgehead atoms. The number of rotatable bonds is 1. The number of ether oxygens (including phenoxy) is 2. The summed E-state index contributed by atoms with van der Waals surface area (Å²) in [5, 5.41) is 0. The maximum atomic E-state index is 6.15. The van der Waals surface area contributed by atoms with Gasteiger partial charge in [0.1, 0.15) is 17.6 Å². The molecule has 3 nitrogen and oxygen atoms in total. The van der Waals surface area contributed by atoms with E-state index < -0.39 is 0 Å². The Morgan fingerprint density at radius 1 is 1.29 bits per heavy atom. The van der Waals surface area contributed by atoms with Gasteiger partial charge in [-0.05, 0) is 24.5 Å². The fourth-order valence-corrected chi connectivity index (χ4v) is 2.19. The predicted molar refractivity (Wildman–Crippen MR) is 68.7 cm³/mol. The number of nitrogens with two attached hydrogens (primary N) is 1. The van der Waals surface area contributed by atoms with Crippen molar-refractivity contribution in [2.24, 2.45) is 5.73 Å². The smallest absolute Gasteiger partial charge is 0.128 e. The lowest BCUT2D eigenvalue weighted by molar-refractivity contribution is 0.224. The van der Waals surface area contributed by atoms with E-state index in [9.17, 15) is 0 Å². The first-order chi connectivity index (χ1) is 7.84. The van der Waals surface area contributed by atoms with E-state index in [0.717, 1.165) is 22.6 Å². The number of methoxy groups -OCH3 is 1. The molecule has 1 aromatic carbocycles. The van der Waals surface area contributed by atoms with Crippen molar-refractivity contribution >= 4 is 0 Å². The van der Waals surface area contributed by atoms with E-state index in [4.69, 9.17) is 15.2 Å². The van der Waals surface area contributed by atoms with E-state index in [0.29, 0.717) is 0 Å². The van der Waals surface area contributed by atoms with Crippen LogP contribution in [-0.2, 0) is 5.41 Å². The zero-order valence-electron chi connectivity index (χ0n) is 11.2.